The van der Waals surface area contributed by atoms with Crippen molar-refractivity contribution in [2.24, 2.45) is 0 Å². The number of nitrogens with zero attached hydrogens (tertiary/aromatic N) is 1. The molecule has 29 heavy (non-hydrogen) atoms. The summed E-state index contributed by atoms with van der Waals surface area (Å²) in [5.41, 5.74) is 2.59. The summed E-state index contributed by atoms with van der Waals surface area (Å²) >= 11 is 0. The van der Waals surface area contributed by atoms with Crippen molar-refractivity contribution in [2.75, 3.05) is 13.6 Å². The third-order valence-corrected chi connectivity index (χ3v) is 5.92. The average Bonchev–Trinajstić information content (AvgIpc) is 2.74. The minimum absolute atomic E-state index is 0.0671. The van der Waals surface area contributed by atoms with Crippen LogP contribution in [0.5, 0.6) is 0 Å². The summed E-state index contributed by atoms with van der Waals surface area (Å²) in [6.45, 7) is 1.61. The van der Waals surface area contributed by atoms with E-state index in [9.17, 15) is 13.2 Å². The predicted octanol–water partition coefficient (Wildman–Crippen LogP) is 3.48. The molecule has 1 amide bonds. The van der Waals surface area contributed by atoms with E-state index in [0.717, 1.165) is 18.5 Å². The summed E-state index contributed by atoms with van der Waals surface area (Å²) in [6.07, 6.45) is 0.954. The Morgan fingerprint density at radius 1 is 0.828 bits per heavy atom. The molecule has 0 bridgehead atoms. The first-order chi connectivity index (χ1) is 13.9. The monoisotopic (exact) mass is 408 g/mol. The van der Waals surface area contributed by atoms with Crippen LogP contribution in [0.3, 0.4) is 0 Å². The van der Waals surface area contributed by atoms with Gasteiger partial charge in [-0.1, -0.05) is 60.7 Å². The molecule has 3 aromatic carbocycles. The first-order valence-corrected chi connectivity index (χ1v) is 10.9. The first kappa shape index (κ1) is 20.8. The molecule has 6 heteroatoms. The Morgan fingerprint density at radius 2 is 1.41 bits per heavy atom. The average molecular weight is 409 g/mol. The van der Waals surface area contributed by atoms with E-state index in [1.54, 1.807) is 42.5 Å². The van der Waals surface area contributed by atoms with Crippen LogP contribution in [0.2, 0.25) is 0 Å². The topological polar surface area (TPSA) is 66.5 Å². The van der Waals surface area contributed by atoms with Gasteiger partial charge >= 0.3 is 0 Å². The Bertz CT molecular complexity index is 1030. The predicted molar refractivity (Wildman–Crippen MR) is 114 cm³/mol. The third kappa shape index (κ3) is 6.01. The molecule has 0 aromatic heterocycles. The summed E-state index contributed by atoms with van der Waals surface area (Å²) in [4.78, 5) is 14.4. The second kappa shape index (κ2) is 9.49. The number of nitrogens with one attached hydrogen (secondary N) is 1. The van der Waals surface area contributed by atoms with Crippen LogP contribution in [-0.4, -0.2) is 32.8 Å². The van der Waals surface area contributed by atoms with Crippen LogP contribution in [-0.2, 0) is 23.0 Å². The molecular formula is C23H24N2O3S. The van der Waals surface area contributed by atoms with E-state index in [1.165, 1.54) is 17.7 Å². The van der Waals surface area contributed by atoms with Crippen LogP contribution in [0.15, 0.2) is 89.8 Å². The van der Waals surface area contributed by atoms with Crippen LogP contribution in [0, 0.1) is 0 Å². The normalized spacial score (nSPS) is 11.4. The number of hydrogen-bond donors (Lipinski definition) is 1. The fourth-order valence-corrected chi connectivity index (χ4v) is 3.93. The summed E-state index contributed by atoms with van der Waals surface area (Å²) in [5.74, 6) is -0.643. The van der Waals surface area contributed by atoms with Crippen molar-refractivity contribution in [3.63, 3.8) is 0 Å². The molecule has 0 aliphatic carbocycles. The largest absolute Gasteiger partial charge is 0.302 e. The quantitative estimate of drug-likeness (QED) is 0.620. The molecular weight excluding hydrogens is 384 g/mol. The SMILES string of the molecule is CN(CCc1ccccc1)Cc1ccc(S(=O)(=O)NC(=O)c2ccccc2)cc1. The number of hydrogen-bond acceptors (Lipinski definition) is 4. The highest BCUT2D eigenvalue weighted by Crippen LogP contribution is 2.13. The number of carbonyl (C=O) groups is 1. The van der Waals surface area contributed by atoms with E-state index in [4.69, 9.17) is 0 Å². The molecule has 0 radical (unpaired) electrons. The van der Waals surface area contributed by atoms with Gasteiger partial charge < -0.3 is 4.90 Å². The lowest BCUT2D eigenvalue weighted by Gasteiger charge is -2.17. The Labute approximate surface area is 172 Å². The van der Waals surface area contributed by atoms with Crippen LogP contribution < -0.4 is 4.72 Å². The Balaban J connectivity index is 1.58. The van der Waals surface area contributed by atoms with Crippen molar-refractivity contribution >= 4 is 15.9 Å². The van der Waals surface area contributed by atoms with Crippen LogP contribution in [0.1, 0.15) is 21.5 Å². The van der Waals surface area contributed by atoms with Gasteiger partial charge in [0.15, 0.2) is 0 Å². The number of likely N-dealkylation sites (N-methyl/N-ethyl adjacent to an activating group) is 1. The summed E-state index contributed by atoms with van der Waals surface area (Å²) in [6, 6.07) is 25.2. The van der Waals surface area contributed by atoms with Crippen molar-refractivity contribution in [1.82, 2.24) is 9.62 Å². The lowest BCUT2D eigenvalue weighted by molar-refractivity contribution is 0.0981. The van der Waals surface area contributed by atoms with Crippen LogP contribution in [0.4, 0.5) is 0 Å². The van der Waals surface area contributed by atoms with Crippen LogP contribution in [0.25, 0.3) is 0 Å². The van der Waals surface area contributed by atoms with E-state index in [1.807, 2.05) is 25.2 Å². The van der Waals surface area contributed by atoms with Crippen molar-refractivity contribution in [2.45, 2.75) is 17.9 Å². The molecule has 3 aromatic rings. The minimum atomic E-state index is -3.91. The zero-order valence-electron chi connectivity index (χ0n) is 16.3. The van der Waals surface area contributed by atoms with Gasteiger partial charge in [-0.05, 0) is 48.9 Å². The van der Waals surface area contributed by atoms with Crippen molar-refractivity contribution < 1.29 is 13.2 Å². The van der Waals surface area contributed by atoms with Gasteiger partial charge in [0.2, 0.25) is 0 Å². The molecule has 0 fully saturated rings. The minimum Gasteiger partial charge on any atom is -0.302 e. The fourth-order valence-electron chi connectivity index (χ4n) is 2.96. The maximum Gasteiger partial charge on any atom is 0.264 e. The standard InChI is InChI=1S/C23H24N2O3S/c1-25(17-16-19-8-4-2-5-9-19)18-20-12-14-22(15-13-20)29(27,28)24-23(26)21-10-6-3-7-11-21/h2-15H,16-18H2,1H3,(H,24,26). The van der Waals surface area contributed by atoms with Gasteiger partial charge in [-0.2, -0.15) is 0 Å². The number of amides is 1. The Kier molecular flexibility index (Phi) is 6.80. The highest BCUT2D eigenvalue weighted by molar-refractivity contribution is 7.90. The maximum absolute atomic E-state index is 12.5. The Hall–Kier alpha value is -2.96. The second-order valence-electron chi connectivity index (χ2n) is 6.92. The van der Waals surface area contributed by atoms with E-state index < -0.39 is 15.9 Å². The molecule has 5 nitrogen and oxygen atoms in total. The number of rotatable bonds is 8. The van der Waals surface area contributed by atoms with Crippen molar-refractivity contribution in [3.05, 3.63) is 102 Å². The second-order valence-corrected chi connectivity index (χ2v) is 8.60. The number of carbonyl (C=O) groups excluding carboxylic acids is 1. The zero-order chi connectivity index (χ0) is 20.7. The van der Waals surface area contributed by atoms with E-state index in [0.29, 0.717) is 12.1 Å². The third-order valence-electron chi connectivity index (χ3n) is 4.57. The van der Waals surface area contributed by atoms with E-state index in [2.05, 4.69) is 21.8 Å². The molecule has 0 aliphatic rings. The highest BCUT2D eigenvalue weighted by atomic mass is 32.2. The van der Waals surface area contributed by atoms with Gasteiger partial charge in [0.1, 0.15) is 0 Å². The van der Waals surface area contributed by atoms with Gasteiger partial charge in [0, 0.05) is 18.7 Å². The van der Waals surface area contributed by atoms with Crippen LogP contribution >= 0.6 is 0 Å². The van der Waals surface area contributed by atoms with Gasteiger partial charge in [-0.25, -0.2) is 13.1 Å². The smallest absolute Gasteiger partial charge is 0.264 e. The summed E-state index contributed by atoms with van der Waals surface area (Å²) in [7, 11) is -1.88. The molecule has 3 rings (SSSR count). The fraction of sp³-hybridized carbons (Fsp3) is 0.174. The van der Waals surface area contributed by atoms with E-state index >= 15 is 0 Å². The molecule has 0 saturated carbocycles. The van der Waals surface area contributed by atoms with Crippen molar-refractivity contribution in [3.8, 4) is 0 Å². The molecule has 0 heterocycles. The van der Waals surface area contributed by atoms with Crippen molar-refractivity contribution in [1.29, 1.82) is 0 Å². The highest BCUT2D eigenvalue weighted by Gasteiger charge is 2.18. The first-order valence-electron chi connectivity index (χ1n) is 9.38. The molecule has 0 aliphatic heterocycles. The molecule has 0 spiro atoms. The summed E-state index contributed by atoms with van der Waals surface area (Å²) < 4.78 is 27.0. The summed E-state index contributed by atoms with van der Waals surface area (Å²) in [5, 5.41) is 0. The maximum atomic E-state index is 12.5. The molecule has 150 valence electrons. The lowest BCUT2D eigenvalue weighted by Crippen LogP contribution is -2.30. The molecule has 0 unspecified atom stereocenters. The zero-order valence-corrected chi connectivity index (χ0v) is 17.1. The molecule has 0 atom stereocenters. The lowest BCUT2D eigenvalue weighted by atomic mass is 10.1. The molecule has 1 N–H and O–H groups in total. The number of sulfonamides is 1. The van der Waals surface area contributed by atoms with E-state index in [-0.39, 0.29) is 4.90 Å². The Morgan fingerprint density at radius 3 is 2.03 bits per heavy atom. The number of benzene rings is 3. The van der Waals surface area contributed by atoms with Gasteiger partial charge in [-0.3, -0.25) is 4.79 Å². The molecule has 0 saturated heterocycles. The van der Waals surface area contributed by atoms with Gasteiger partial charge in [0.05, 0.1) is 4.90 Å². The van der Waals surface area contributed by atoms with Gasteiger partial charge in [-0.15, -0.1) is 0 Å². The van der Waals surface area contributed by atoms with Gasteiger partial charge in [0.25, 0.3) is 15.9 Å².